The average molecular weight is 272 g/mol. The molecule has 0 aromatic heterocycles. The Morgan fingerprint density at radius 1 is 1.16 bits per heavy atom. The van der Waals surface area contributed by atoms with E-state index in [1.54, 1.807) is 6.92 Å². The summed E-state index contributed by atoms with van der Waals surface area (Å²) < 4.78 is 0. The molecule has 0 aliphatic heterocycles. The molecule has 0 aliphatic rings. The summed E-state index contributed by atoms with van der Waals surface area (Å²) in [7, 11) is 0. The van der Waals surface area contributed by atoms with Crippen molar-refractivity contribution in [2.24, 2.45) is 11.8 Å². The molecule has 0 rings (SSSR count). The van der Waals surface area contributed by atoms with Gasteiger partial charge in [0, 0.05) is 19.1 Å². The second kappa shape index (κ2) is 8.77. The monoisotopic (exact) mass is 272 g/mol. The van der Waals surface area contributed by atoms with Crippen molar-refractivity contribution in [3.63, 3.8) is 0 Å². The number of hydrogen-bond acceptors (Lipinski definition) is 2. The summed E-state index contributed by atoms with van der Waals surface area (Å²) in [4.78, 5) is 24.5. The Kier molecular flexibility index (Phi) is 8.19. The van der Waals surface area contributed by atoms with Gasteiger partial charge in [-0.15, -0.1) is 0 Å². The number of carbonyl (C=O) groups excluding carboxylic acids is 1. The molecule has 0 heterocycles. The molecule has 0 aromatic rings. The molecule has 0 saturated heterocycles. The lowest BCUT2D eigenvalue weighted by molar-refractivity contribution is -0.141. The Morgan fingerprint density at radius 3 is 2.16 bits per heavy atom. The zero-order valence-corrected chi connectivity index (χ0v) is 12.8. The summed E-state index contributed by atoms with van der Waals surface area (Å²) in [6.45, 7) is 11.1. The maximum absolute atomic E-state index is 12.0. The summed E-state index contributed by atoms with van der Waals surface area (Å²) in [5.41, 5.74) is 0. The van der Waals surface area contributed by atoms with E-state index in [2.05, 4.69) is 19.2 Å². The van der Waals surface area contributed by atoms with Gasteiger partial charge < -0.3 is 15.3 Å². The van der Waals surface area contributed by atoms with Gasteiger partial charge in [0.2, 0.25) is 0 Å². The molecule has 2 N–H and O–H groups in total. The molecule has 112 valence electrons. The number of carboxylic acids is 1. The molecule has 0 spiro atoms. The van der Waals surface area contributed by atoms with Gasteiger partial charge in [-0.2, -0.15) is 0 Å². The SMILES string of the molecule is CC(C)CN(C(=O)NCCCC(C)C(=O)O)C(C)C. The lowest BCUT2D eigenvalue weighted by Crippen LogP contribution is -2.46. The van der Waals surface area contributed by atoms with Gasteiger partial charge in [-0.1, -0.05) is 20.8 Å². The van der Waals surface area contributed by atoms with Crippen molar-refractivity contribution in [2.45, 2.75) is 53.5 Å². The van der Waals surface area contributed by atoms with E-state index in [9.17, 15) is 9.59 Å². The van der Waals surface area contributed by atoms with Crippen LogP contribution in [0.4, 0.5) is 4.79 Å². The third-order valence-corrected chi connectivity index (χ3v) is 2.96. The summed E-state index contributed by atoms with van der Waals surface area (Å²) in [5.74, 6) is -0.705. The Balaban J connectivity index is 4.03. The number of hydrogen-bond donors (Lipinski definition) is 2. The summed E-state index contributed by atoms with van der Waals surface area (Å²) >= 11 is 0. The van der Waals surface area contributed by atoms with E-state index < -0.39 is 5.97 Å². The Hall–Kier alpha value is -1.26. The van der Waals surface area contributed by atoms with Gasteiger partial charge in [-0.05, 0) is 32.6 Å². The topological polar surface area (TPSA) is 69.6 Å². The lowest BCUT2D eigenvalue weighted by atomic mass is 10.1. The number of rotatable bonds is 8. The standard InChI is InChI=1S/C14H28N2O3/c1-10(2)9-16(11(3)4)14(19)15-8-6-7-12(5)13(17)18/h10-12H,6-9H2,1-5H3,(H,15,19)(H,17,18). The molecule has 1 atom stereocenters. The highest BCUT2D eigenvalue weighted by Crippen LogP contribution is 2.06. The minimum atomic E-state index is -0.782. The number of urea groups is 1. The molecular formula is C14H28N2O3. The van der Waals surface area contributed by atoms with Crippen LogP contribution in [0.1, 0.15) is 47.5 Å². The first-order valence-electron chi connectivity index (χ1n) is 7.03. The van der Waals surface area contributed by atoms with E-state index in [1.165, 1.54) is 0 Å². The zero-order chi connectivity index (χ0) is 15.0. The van der Waals surface area contributed by atoms with Gasteiger partial charge in [-0.25, -0.2) is 4.79 Å². The minimum absolute atomic E-state index is 0.0633. The van der Waals surface area contributed by atoms with Crippen LogP contribution in [0.15, 0.2) is 0 Å². The van der Waals surface area contributed by atoms with Gasteiger partial charge in [0.05, 0.1) is 5.92 Å². The highest BCUT2D eigenvalue weighted by molar-refractivity contribution is 5.74. The molecule has 2 amide bonds. The number of carboxylic acid groups (broad SMARTS) is 1. The largest absolute Gasteiger partial charge is 0.481 e. The van der Waals surface area contributed by atoms with Crippen molar-refractivity contribution in [1.82, 2.24) is 10.2 Å². The molecule has 0 aliphatic carbocycles. The van der Waals surface area contributed by atoms with Gasteiger partial charge >= 0.3 is 12.0 Å². The molecule has 19 heavy (non-hydrogen) atoms. The first-order valence-corrected chi connectivity index (χ1v) is 7.03. The lowest BCUT2D eigenvalue weighted by Gasteiger charge is -2.28. The third-order valence-electron chi connectivity index (χ3n) is 2.96. The quantitative estimate of drug-likeness (QED) is 0.667. The van der Waals surface area contributed by atoms with Gasteiger partial charge in [0.1, 0.15) is 0 Å². The average Bonchev–Trinajstić information content (AvgIpc) is 2.30. The molecular weight excluding hydrogens is 244 g/mol. The predicted molar refractivity (Wildman–Crippen MR) is 76.1 cm³/mol. The fourth-order valence-electron chi connectivity index (χ4n) is 1.75. The van der Waals surface area contributed by atoms with Crippen molar-refractivity contribution in [2.75, 3.05) is 13.1 Å². The van der Waals surface area contributed by atoms with Crippen molar-refractivity contribution >= 4 is 12.0 Å². The Morgan fingerprint density at radius 2 is 1.74 bits per heavy atom. The molecule has 0 bridgehead atoms. The second-order valence-electron chi connectivity index (χ2n) is 5.75. The van der Waals surface area contributed by atoms with Crippen LogP contribution in [0.3, 0.4) is 0 Å². The number of amides is 2. The van der Waals surface area contributed by atoms with Crippen LogP contribution >= 0.6 is 0 Å². The van der Waals surface area contributed by atoms with Crippen LogP contribution < -0.4 is 5.32 Å². The van der Waals surface area contributed by atoms with Crippen molar-refractivity contribution in [3.05, 3.63) is 0 Å². The van der Waals surface area contributed by atoms with E-state index >= 15 is 0 Å². The minimum Gasteiger partial charge on any atom is -0.481 e. The number of nitrogens with one attached hydrogen (secondary N) is 1. The van der Waals surface area contributed by atoms with Crippen molar-refractivity contribution in [1.29, 1.82) is 0 Å². The Bertz CT molecular complexity index is 290. The fraction of sp³-hybridized carbons (Fsp3) is 0.857. The molecule has 1 unspecified atom stereocenters. The molecule has 0 aromatic carbocycles. The molecule has 0 saturated carbocycles. The van der Waals surface area contributed by atoms with Gasteiger partial charge in [-0.3, -0.25) is 4.79 Å². The first-order chi connectivity index (χ1) is 8.75. The molecule has 5 heteroatoms. The highest BCUT2D eigenvalue weighted by Gasteiger charge is 2.17. The van der Waals surface area contributed by atoms with Crippen molar-refractivity contribution < 1.29 is 14.7 Å². The van der Waals surface area contributed by atoms with Crippen LogP contribution in [0.25, 0.3) is 0 Å². The number of nitrogens with zero attached hydrogens (tertiary/aromatic N) is 1. The van der Waals surface area contributed by atoms with Crippen LogP contribution in [-0.2, 0) is 4.79 Å². The second-order valence-corrected chi connectivity index (χ2v) is 5.75. The number of carbonyl (C=O) groups is 2. The van der Waals surface area contributed by atoms with Crippen molar-refractivity contribution in [3.8, 4) is 0 Å². The smallest absolute Gasteiger partial charge is 0.317 e. The summed E-state index contributed by atoms with van der Waals surface area (Å²) in [6, 6.07) is 0.104. The Labute approximate surface area is 116 Å². The number of aliphatic carboxylic acids is 1. The predicted octanol–water partition coefficient (Wildman–Crippen LogP) is 2.56. The summed E-state index contributed by atoms with van der Waals surface area (Å²) in [6.07, 6.45) is 1.27. The maximum atomic E-state index is 12.0. The maximum Gasteiger partial charge on any atom is 0.317 e. The van der Waals surface area contributed by atoms with Crippen LogP contribution in [-0.4, -0.2) is 41.1 Å². The van der Waals surface area contributed by atoms with Crippen LogP contribution in [0.5, 0.6) is 0 Å². The molecule has 0 radical (unpaired) electrons. The third kappa shape index (κ3) is 7.70. The van der Waals surface area contributed by atoms with Gasteiger partial charge in [0.15, 0.2) is 0 Å². The molecule has 0 fully saturated rings. The summed E-state index contributed by atoms with van der Waals surface area (Å²) in [5, 5.41) is 11.6. The van der Waals surface area contributed by atoms with E-state index in [0.717, 1.165) is 6.54 Å². The highest BCUT2D eigenvalue weighted by atomic mass is 16.4. The van der Waals surface area contributed by atoms with E-state index in [1.807, 2.05) is 18.7 Å². The first kappa shape index (κ1) is 17.7. The van der Waals surface area contributed by atoms with Gasteiger partial charge in [0.25, 0.3) is 0 Å². The van der Waals surface area contributed by atoms with E-state index in [-0.39, 0.29) is 18.0 Å². The molecule has 5 nitrogen and oxygen atoms in total. The normalized spacial score (nSPS) is 12.6. The van der Waals surface area contributed by atoms with Crippen LogP contribution in [0.2, 0.25) is 0 Å². The van der Waals surface area contributed by atoms with E-state index in [0.29, 0.717) is 25.3 Å². The van der Waals surface area contributed by atoms with E-state index in [4.69, 9.17) is 5.11 Å². The zero-order valence-electron chi connectivity index (χ0n) is 12.8. The van der Waals surface area contributed by atoms with Crippen LogP contribution in [0, 0.1) is 11.8 Å². The fourth-order valence-corrected chi connectivity index (χ4v) is 1.75.